The van der Waals surface area contributed by atoms with Gasteiger partial charge in [-0.05, 0) is 44.5 Å². The zero-order valence-electron chi connectivity index (χ0n) is 10.8. The normalized spacial score (nSPS) is 29.5. The van der Waals surface area contributed by atoms with E-state index in [-0.39, 0.29) is 0 Å². The van der Waals surface area contributed by atoms with Crippen LogP contribution >= 0.6 is 27.5 Å². The molecule has 2 nitrogen and oxygen atoms in total. The molecule has 1 aromatic rings. The van der Waals surface area contributed by atoms with Crippen molar-refractivity contribution in [3.63, 3.8) is 0 Å². The smallest absolute Gasteiger partial charge is 0.0715 e. The minimum atomic E-state index is -0.622. The summed E-state index contributed by atoms with van der Waals surface area (Å²) < 4.78 is 0.972. The molecule has 1 aromatic carbocycles. The van der Waals surface area contributed by atoms with Gasteiger partial charge in [0.05, 0.1) is 5.60 Å². The molecular weight excluding hydrogens is 314 g/mol. The molecule has 2 unspecified atom stereocenters. The summed E-state index contributed by atoms with van der Waals surface area (Å²) in [4.78, 5) is 2.29. The van der Waals surface area contributed by atoms with E-state index >= 15 is 0 Å². The van der Waals surface area contributed by atoms with Gasteiger partial charge in [0.15, 0.2) is 0 Å². The molecule has 100 valence electrons. The molecule has 2 atom stereocenters. The van der Waals surface area contributed by atoms with E-state index < -0.39 is 5.60 Å². The number of hydrogen-bond donors (Lipinski definition) is 1. The van der Waals surface area contributed by atoms with Crippen molar-refractivity contribution in [2.24, 2.45) is 0 Å². The number of benzene rings is 1. The predicted octanol–water partition coefficient (Wildman–Crippen LogP) is 3.49. The number of hydrogen-bond acceptors (Lipinski definition) is 2. The van der Waals surface area contributed by atoms with Crippen molar-refractivity contribution in [3.05, 3.63) is 33.3 Å². The molecule has 1 heterocycles. The quantitative estimate of drug-likeness (QED) is 0.896. The molecule has 4 heteroatoms. The van der Waals surface area contributed by atoms with Crippen LogP contribution in [0.1, 0.15) is 25.3 Å². The summed E-state index contributed by atoms with van der Waals surface area (Å²) in [6.07, 6.45) is 2.24. The highest BCUT2D eigenvalue weighted by molar-refractivity contribution is 9.10. The molecular formula is C14H19BrClNO. The van der Waals surface area contributed by atoms with Crippen LogP contribution < -0.4 is 0 Å². The minimum absolute atomic E-state index is 0.415. The summed E-state index contributed by atoms with van der Waals surface area (Å²) in [6.45, 7) is 3.10. The summed E-state index contributed by atoms with van der Waals surface area (Å²) in [5.74, 6) is 0. The van der Waals surface area contributed by atoms with Crippen LogP contribution in [-0.2, 0) is 6.42 Å². The Morgan fingerprint density at radius 1 is 1.56 bits per heavy atom. The van der Waals surface area contributed by atoms with Crippen molar-refractivity contribution in [3.8, 4) is 0 Å². The Balaban J connectivity index is 2.13. The van der Waals surface area contributed by atoms with Gasteiger partial charge >= 0.3 is 0 Å². The molecule has 1 saturated heterocycles. The molecule has 0 bridgehead atoms. The average molecular weight is 333 g/mol. The first kappa shape index (κ1) is 14.3. The maximum Gasteiger partial charge on any atom is 0.0715 e. The van der Waals surface area contributed by atoms with E-state index in [4.69, 9.17) is 11.6 Å². The highest BCUT2D eigenvalue weighted by atomic mass is 79.9. The third-order valence-electron chi connectivity index (χ3n) is 3.89. The maximum atomic E-state index is 10.7. The van der Waals surface area contributed by atoms with E-state index in [0.29, 0.717) is 12.5 Å². The van der Waals surface area contributed by atoms with Crippen molar-refractivity contribution >= 4 is 27.5 Å². The standard InChI is InChI=1S/C14H19BrClNO/c1-10-8-14(18,5-6-17(10)2)9-11-3-4-12(15)7-13(11)16/h3-4,7,10,18H,5-6,8-9H2,1-2H3. The van der Waals surface area contributed by atoms with Gasteiger partial charge in [-0.1, -0.05) is 33.6 Å². The third-order valence-corrected chi connectivity index (χ3v) is 4.74. The first-order chi connectivity index (χ1) is 8.39. The fraction of sp³-hybridized carbons (Fsp3) is 0.571. The van der Waals surface area contributed by atoms with Gasteiger partial charge in [0.1, 0.15) is 0 Å². The molecule has 1 N–H and O–H groups in total. The van der Waals surface area contributed by atoms with Crippen molar-refractivity contribution in [2.45, 2.75) is 37.8 Å². The average Bonchev–Trinajstić information content (AvgIpc) is 2.28. The van der Waals surface area contributed by atoms with Crippen molar-refractivity contribution in [1.82, 2.24) is 4.90 Å². The van der Waals surface area contributed by atoms with Crippen LogP contribution in [0.15, 0.2) is 22.7 Å². The zero-order valence-corrected chi connectivity index (χ0v) is 13.1. The zero-order chi connectivity index (χ0) is 13.3. The highest BCUT2D eigenvalue weighted by Gasteiger charge is 2.35. The van der Waals surface area contributed by atoms with E-state index in [1.54, 1.807) is 0 Å². The lowest BCUT2D eigenvalue weighted by atomic mass is 9.82. The topological polar surface area (TPSA) is 23.5 Å². The predicted molar refractivity (Wildman–Crippen MR) is 79.1 cm³/mol. The van der Waals surface area contributed by atoms with Crippen molar-refractivity contribution in [2.75, 3.05) is 13.6 Å². The Kier molecular flexibility index (Phi) is 4.37. The van der Waals surface area contributed by atoms with Gasteiger partial charge < -0.3 is 10.0 Å². The molecule has 1 aliphatic rings. The molecule has 0 radical (unpaired) electrons. The molecule has 0 amide bonds. The van der Waals surface area contributed by atoms with Crippen LogP contribution in [0, 0.1) is 0 Å². The van der Waals surface area contributed by atoms with E-state index in [1.807, 2.05) is 18.2 Å². The van der Waals surface area contributed by atoms with Gasteiger partial charge in [0, 0.05) is 28.5 Å². The summed E-state index contributed by atoms with van der Waals surface area (Å²) in [5, 5.41) is 11.4. The molecule has 18 heavy (non-hydrogen) atoms. The minimum Gasteiger partial charge on any atom is -0.389 e. The highest BCUT2D eigenvalue weighted by Crippen LogP contribution is 2.32. The molecule has 2 rings (SSSR count). The number of nitrogens with zero attached hydrogens (tertiary/aromatic N) is 1. The molecule has 1 fully saturated rings. The Bertz CT molecular complexity index is 440. The van der Waals surface area contributed by atoms with Crippen LogP contribution in [-0.4, -0.2) is 35.2 Å². The summed E-state index contributed by atoms with van der Waals surface area (Å²) in [7, 11) is 2.11. The molecule has 0 aromatic heterocycles. The number of aliphatic hydroxyl groups is 1. The van der Waals surface area contributed by atoms with E-state index in [1.165, 1.54) is 0 Å². The van der Waals surface area contributed by atoms with Gasteiger partial charge in [-0.25, -0.2) is 0 Å². The lowest BCUT2D eigenvalue weighted by Crippen LogP contribution is -2.48. The Labute approximate surface area is 122 Å². The number of likely N-dealkylation sites (tertiary alicyclic amines) is 1. The van der Waals surface area contributed by atoms with Crippen molar-refractivity contribution < 1.29 is 5.11 Å². The molecule has 0 saturated carbocycles. The lowest BCUT2D eigenvalue weighted by molar-refractivity contribution is -0.0353. The first-order valence-corrected chi connectivity index (χ1v) is 7.43. The van der Waals surface area contributed by atoms with Gasteiger partial charge in [-0.3, -0.25) is 0 Å². The molecule has 0 spiro atoms. The largest absolute Gasteiger partial charge is 0.389 e. The van der Waals surface area contributed by atoms with E-state index in [0.717, 1.165) is 34.4 Å². The SMILES string of the molecule is CC1CC(O)(Cc2ccc(Br)cc2Cl)CCN1C. The Morgan fingerprint density at radius 3 is 2.89 bits per heavy atom. The molecule has 1 aliphatic heterocycles. The summed E-state index contributed by atoms with van der Waals surface area (Å²) in [5.41, 5.74) is 0.405. The number of rotatable bonds is 2. The van der Waals surface area contributed by atoms with Crippen LogP contribution in [0.25, 0.3) is 0 Å². The van der Waals surface area contributed by atoms with Crippen LogP contribution in [0.2, 0.25) is 5.02 Å². The van der Waals surface area contributed by atoms with Gasteiger partial charge in [-0.15, -0.1) is 0 Å². The Morgan fingerprint density at radius 2 is 2.28 bits per heavy atom. The van der Waals surface area contributed by atoms with Gasteiger partial charge in [0.25, 0.3) is 0 Å². The number of piperidine rings is 1. The fourth-order valence-electron chi connectivity index (χ4n) is 2.59. The Hall–Kier alpha value is -0.0900. The first-order valence-electron chi connectivity index (χ1n) is 6.26. The lowest BCUT2D eigenvalue weighted by Gasteiger charge is -2.41. The summed E-state index contributed by atoms with van der Waals surface area (Å²) in [6, 6.07) is 6.27. The third kappa shape index (κ3) is 3.27. The van der Waals surface area contributed by atoms with Crippen LogP contribution in [0.4, 0.5) is 0 Å². The van der Waals surface area contributed by atoms with Crippen molar-refractivity contribution in [1.29, 1.82) is 0 Å². The van der Waals surface area contributed by atoms with Gasteiger partial charge in [-0.2, -0.15) is 0 Å². The summed E-state index contributed by atoms with van der Waals surface area (Å²) >= 11 is 9.62. The maximum absolute atomic E-state index is 10.7. The second-order valence-corrected chi connectivity index (χ2v) is 6.74. The molecule has 0 aliphatic carbocycles. The van der Waals surface area contributed by atoms with Crippen LogP contribution in [0.5, 0.6) is 0 Å². The van der Waals surface area contributed by atoms with E-state index in [9.17, 15) is 5.11 Å². The fourth-order valence-corrected chi connectivity index (χ4v) is 3.33. The monoisotopic (exact) mass is 331 g/mol. The van der Waals surface area contributed by atoms with Crippen LogP contribution in [0.3, 0.4) is 0 Å². The second-order valence-electron chi connectivity index (χ2n) is 5.42. The second kappa shape index (κ2) is 5.49. The van der Waals surface area contributed by atoms with E-state index in [2.05, 4.69) is 34.8 Å². The van der Waals surface area contributed by atoms with Gasteiger partial charge in [0.2, 0.25) is 0 Å². The number of halogens is 2.